The fourth-order valence-corrected chi connectivity index (χ4v) is 1.72. The maximum atomic E-state index is 6.14. The third-order valence-corrected chi connectivity index (χ3v) is 2.45. The second kappa shape index (κ2) is 6.61. The van der Waals surface area contributed by atoms with Gasteiger partial charge in [0.25, 0.3) is 0 Å². The molecule has 0 amide bonds. The van der Waals surface area contributed by atoms with E-state index in [1.54, 1.807) is 7.11 Å². The van der Waals surface area contributed by atoms with Gasteiger partial charge < -0.3 is 15.2 Å². The molecule has 0 saturated carbocycles. The van der Waals surface area contributed by atoms with Gasteiger partial charge in [0.2, 0.25) is 0 Å². The van der Waals surface area contributed by atoms with Gasteiger partial charge in [-0.1, -0.05) is 18.5 Å². The molecule has 0 saturated heterocycles. The van der Waals surface area contributed by atoms with Crippen LogP contribution in [0.25, 0.3) is 0 Å². The fraction of sp³-hybridized carbons (Fsp3) is 0.500. The summed E-state index contributed by atoms with van der Waals surface area (Å²) in [6, 6.07) is 3.80. The van der Waals surface area contributed by atoms with Crippen LogP contribution in [0.4, 0.5) is 0 Å². The van der Waals surface area contributed by atoms with Crippen molar-refractivity contribution in [2.24, 2.45) is 5.73 Å². The van der Waals surface area contributed by atoms with E-state index in [2.05, 4.69) is 0 Å². The first kappa shape index (κ1) is 13.1. The SMILES string of the molecule is CCCOc1c(Cl)cc(CCN)cc1OC. The maximum Gasteiger partial charge on any atom is 0.179 e. The highest BCUT2D eigenvalue weighted by Gasteiger charge is 2.11. The Kier molecular flexibility index (Phi) is 5.43. The van der Waals surface area contributed by atoms with E-state index in [4.69, 9.17) is 26.8 Å². The molecule has 1 rings (SSSR count). The molecule has 3 nitrogen and oxygen atoms in total. The van der Waals surface area contributed by atoms with Gasteiger partial charge in [0, 0.05) is 0 Å². The Hall–Kier alpha value is -0.930. The van der Waals surface area contributed by atoms with Crippen molar-refractivity contribution in [1.29, 1.82) is 0 Å². The number of hydrogen-bond acceptors (Lipinski definition) is 3. The van der Waals surface area contributed by atoms with Crippen LogP contribution in [-0.4, -0.2) is 20.3 Å². The molecule has 0 spiro atoms. The zero-order valence-corrected chi connectivity index (χ0v) is 10.5. The lowest BCUT2D eigenvalue weighted by Crippen LogP contribution is -2.04. The van der Waals surface area contributed by atoms with Gasteiger partial charge in [-0.3, -0.25) is 0 Å². The van der Waals surface area contributed by atoms with Crippen LogP contribution in [-0.2, 0) is 6.42 Å². The van der Waals surface area contributed by atoms with Crippen LogP contribution in [0.15, 0.2) is 12.1 Å². The molecule has 0 radical (unpaired) electrons. The molecule has 2 N–H and O–H groups in total. The smallest absolute Gasteiger partial charge is 0.179 e. The number of benzene rings is 1. The summed E-state index contributed by atoms with van der Waals surface area (Å²) in [7, 11) is 1.61. The Morgan fingerprint density at radius 2 is 2.12 bits per heavy atom. The van der Waals surface area contributed by atoms with Gasteiger partial charge in [0.15, 0.2) is 11.5 Å². The molecule has 4 heteroatoms. The average molecular weight is 244 g/mol. The Morgan fingerprint density at radius 3 is 2.69 bits per heavy atom. The Labute approximate surface area is 101 Å². The summed E-state index contributed by atoms with van der Waals surface area (Å²) in [6.07, 6.45) is 1.72. The molecule has 0 atom stereocenters. The van der Waals surface area contributed by atoms with Crippen LogP contribution in [0, 0.1) is 0 Å². The van der Waals surface area contributed by atoms with E-state index in [0.29, 0.717) is 29.7 Å². The maximum absolute atomic E-state index is 6.14. The van der Waals surface area contributed by atoms with Crippen molar-refractivity contribution in [3.63, 3.8) is 0 Å². The van der Waals surface area contributed by atoms with Crippen molar-refractivity contribution in [2.45, 2.75) is 19.8 Å². The lowest BCUT2D eigenvalue weighted by Gasteiger charge is -2.13. The Balaban J connectivity index is 2.97. The molecule has 0 aromatic heterocycles. The largest absolute Gasteiger partial charge is 0.493 e. The van der Waals surface area contributed by atoms with Gasteiger partial charge >= 0.3 is 0 Å². The van der Waals surface area contributed by atoms with Gasteiger partial charge in [-0.15, -0.1) is 0 Å². The molecule has 0 heterocycles. The Bertz CT molecular complexity index is 342. The van der Waals surface area contributed by atoms with Gasteiger partial charge in [0.1, 0.15) is 0 Å². The average Bonchev–Trinajstić information content (AvgIpc) is 2.27. The minimum absolute atomic E-state index is 0.580. The third-order valence-electron chi connectivity index (χ3n) is 2.17. The molecule has 0 bridgehead atoms. The topological polar surface area (TPSA) is 44.5 Å². The van der Waals surface area contributed by atoms with Gasteiger partial charge in [-0.05, 0) is 37.1 Å². The second-order valence-electron chi connectivity index (χ2n) is 3.50. The van der Waals surface area contributed by atoms with E-state index in [1.807, 2.05) is 19.1 Å². The van der Waals surface area contributed by atoms with Crippen molar-refractivity contribution in [3.8, 4) is 11.5 Å². The van der Waals surface area contributed by atoms with E-state index < -0.39 is 0 Å². The summed E-state index contributed by atoms with van der Waals surface area (Å²) in [5.41, 5.74) is 6.57. The molecular weight excluding hydrogens is 226 g/mol. The normalized spacial score (nSPS) is 10.2. The van der Waals surface area contributed by atoms with E-state index in [1.165, 1.54) is 0 Å². The number of hydrogen-bond donors (Lipinski definition) is 1. The first-order chi connectivity index (χ1) is 7.72. The Morgan fingerprint density at radius 1 is 1.38 bits per heavy atom. The van der Waals surface area contributed by atoms with Crippen molar-refractivity contribution in [1.82, 2.24) is 0 Å². The predicted molar refractivity (Wildman–Crippen MR) is 66.5 cm³/mol. The minimum atomic E-state index is 0.580. The van der Waals surface area contributed by atoms with Crippen LogP contribution in [0.1, 0.15) is 18.9 Å². The summed E-state index contributed by atoms with van der Waals surface area (Å²) >= 11 is 6.14. The van der Waals surface area contributed by atoms with E-state index in [-0.39, 0.29) is 0 Å². The molecule has 0 unspecified atom stereocenters. The number of halogens is 1. The molecular formula is C12H18ClNO2. The highest BCUT2D eigenvalue weighted by molar-refractivity contribution is 6.32. The summed E-state index contributed by atoms with van der Waals surface area (Å²) < 4.78 is 10.8. The lowest BCUT2D eigenvalue weighted by molar-refractivity contribution is 0.294. The zero-order valence-electron chi connectivity index (χ0n) is 9.75. The number of ether oxygens (including phenoxy) is 2. The van der Waals surface area contributed by atoms with Crippen molar-refractivity contribution in [3.05, 3.63) is 22.7 Å². The minimum Gasteiger partial charge on any atom is -0.493 e. The first-order valence-electron chi connectivity index (χ1n) is 5.42. The van der Waals surface area contributed by atoms with Gasteiger partial charge in [0.05, 0.1) is 18.7 Å². The molecule has 0 aliphatic carbocycles. The van der Waals surface area contributed by atoms with Crippen molar-refractivity contribution >= 4 is 11.6 Å². The van der Waals surface area contributed by atoms with Crippen LogP contribution < -0.4 is 15.2 Å². The molecule has 0 fully saturated rings. The van der Waals surface area contributed by atoms with Crippen molar-refractivity contribution in [2.75, 3.05) is 20.3 Å². The van der Waals surface area contributed by atoms with Gasteiger partial charge in [-0.2, -0.15) is 0 Å². The zero-order chi connectivity index (χ0) is 12.0. The van der Waals surface area contributed by atoms with Crippen LogP contribution >= 0.6 is 11.6 Å². The second-order valence-corrected chi connectivity index (χ2v) is 3.90. The summed E-state index contributed by atoms with van der Waals surface area (Å²) in [5.74, 6) is 1.29. The lowest BCUT2D eigenvalue weighted by atomic mass is 10.1. The van der Waals surface area contributed by atoms with Gasteiger partial charge in [-0.25, -0.2) is 0 Å². The highest BCUT2D eigenvalue weighted by atomic mass is 35.5. The quantitative estimate of drug-likeness (QED) is 0.836. The molecule has 90 valence electrons. The molecule has 1 aromatic carbocycles. The summed E-state index contributed by atoms with van der Waals surface area (Å²) in [5, 5.41) is 0.580. The molecule has 0 aliphatic rings. The number of methoxy groups -OCH3 is 1. The number of nitrogens with two attached hydrogens (primary N) is 1. The highest BCUT2D eigenvalue weighted by Crippen LogP contribution is 2.36. The van der Waals surface area contributed by atoms with E-state index in [9.17, 15) is 0 Å². The standard InChI is InChI=1S/C12H18ClNO2/c1-3-6-16-12-10(13)7-9(4-5-14)8-11(12)15-2/h7-8H,3-6,14H2,1-2H3. The third kappa shape index (κ3) is 3.29. The summed E-state index contributed by atoms with van der Waals surface area (Å²) in [6.45, 7) is 3.27. The monoisotopic (exact) mass is 243 g/mol. The fourth-order valence-electron chi connectivity index (χ4n) is 1.43. The van der Waals surface area contributed by atoms with E-state index >= 15 is 0 Å². The van der Waals surface area contributed by atoms with Crippen molar-refractivity contribution < 1.29 is 9.47 Å². The molecule has 16 heavy (non-hydrogen) atoms. The van der Waals surface area contributed by atoms with Crippen LogP contribution in [0.3, 0.4) is 0 Å². The number of rotatable bonds is 6. The molecule has 0 aliphatic heterocycles. The predicted octanol–water partition coefficient (Wildman–Crippen LogP) is 2.64. The summed E-state index contributed by atoms with van der Waals surface area (Å²) in [4.78, 5) is 0. The first-order valence-corrected chi connectivity index (χ1v) is 5.80. The molecule has 1 aromatic rings. The van der Waals surface area contributed by atoms with Crippen LogP contribution in [0.2, 0.25) is 5.02 Å². The van der Waals surface area contributed by atoms with E-state index in [0.717, 1.165) is 18.4 Å². The van der Waals surface area contributed by atoms with Crippen LogP contribution in [0.5, 0.6) is 11.5 Å².